The van der Waals surface area contributed by atoms with E-state index in [9.17, 15) is 18.8 Å². The number of aliphatic hydroxyl groups excluding tert-OH is 1. The van der Waals surface area contributed by atoms with Crippen molar-refractivity contribution in [2.75, 3.05) is 19.8 Å². The molecule has 7 nitrogen and oxygen atoms in total. The molecule has 0 saturated heterocycles. The smallest absolute Gasteiger partial charge is 0.309 e. The summed E-state index contributed by atoms with van der Waals surface area (Å²) < 4.78 is 18.5. The van der Waals surface area contributed by atoms with Crippen LogP contribution in [0.15, 0.2) is 36.4 Å². The van der Waals surface area contributed by atoms with Gasteiger partial charge in [-0.25, -0.2) is 4.39 Å². The van der Waals surface area contributed by atoms with Gasteiger partial charge in [0.15, 0.2) is 0 Å². The van der Waals surface area contributed by atoms with Gasteiger partial charge >= 0.3 is 5.97 Å². The van der Waals surface area contributed by atoms with Crippen molar-refractivity contribution < 1.29 is 28.6 Å². The molecular weight excluding hydrogens is 391 g/mol. The SMILES string of the molecule is C[C@H]1COC(=O)[C@@H](Cc2ccc(F)cc2)C/C=C\C[C@H](CC(=O)NCCO)C(=O)N1. The normalized spacial score (nSPS) is 24.0. The van der Waals surface area contributed by atoms with Crippen LogP contribution in [0.2, 0.25) is 0 Å². The molecule has 1 aromatic rings. The molecule has 1 aliphatic rings. The maximum Gasteiger partial charge on any atom is 0.309 e. The van der Waals surface area contributed by atoms with Gasteiger partial charge in [0.25, 0.3) is 0 Å². The zero-order chi connectivity index (χ0) is 21.9. The van der Waals surface area contributed by atoms with Gasteiger partial charge in [-0.3, -0.25) is 14.4 Å². The second-order valence-electron chi connectivity index (χ2n) is 7.48. The number of carbonyl (C=O) groups excluding carboxylic acids is 3. The van der Waals surface area contributed by atoms with E-state index in [1.807, 2.05) is 6.08 Å². The predicted octanol–water partition coefficient (Wildman–Crippen LogP) is 1.50. The number of aliphatic hydroxyl groups is 1. The highest BCUT2D eigenvalue weighted by Gasteiger charge is 2.25. The lowest BCUT2D eigenvalue weighted by molar-refractivity contribution is -0.149. The van der Waals surface area contributed by atoms with Crippen LogP contribution in [0, 0.1) is 17.7 Å². The third-order valence-corrected chi connectivity index (χ3v) is 4.84. The van der Waals surface area contributed by atoms with Gasteiger partial charge in [0.1, 0.15) is 12.4 Å². The van der Waals surface area contributed by atoms with Gasteiger partial charge in [0.2, 0.25) is 11.8 Å². The van der Waals surface area contributed by atoms with Crippen molar-refractivity contribution in [1.29, 1.82) is 0 Å². The third-order valence-electron chi connectivity index (χ3n) is 4.84. The fraction of sp³-hybridized carbons (Fsp3) is 0.500. The molecule has 1 heterocycles. The molecule has 0 aromatic heterocycles. The largest absolute Gasteiger partial charge is 0.463 e. The molecular formula is C22H29FN2O5. The zero-order valence-electron chi connectivity index (χ0n) is 17.1. The van der Waals surface area contributed by atoms with Gasteiger partial charge in [-0.05, 0) is 43.9 Å². The third kappa shape index (κ3) is 7.94. The number of nitrogens with one attached hydrogen (secondary N) is 2. The van der Waals surface area contributed by atoms with E-state index in [2.05, 4.69) is 10.6 Å². The Morgan fingerprint density at radius 1 is 1.20 bits per heavy atom. The molecule has 0 saturated carbocycles. The van der Waals surface area contributed by atoms with E-state index in [0.717, 1.165) is 5.56 Å². The molecule has 30 heavy (non-hydrogen) atoms. The van der Waals surface area contributed by atoms with E-state index in [0.29, 0.717) is 19.3 Å². The number of carbonyl (C=O) groups is 3. The number of hydrogen-bond acceptors (Lipinski definition) is 5. The van der Waals surface area contributed by atoms with E-state index in [1.54, 1.807) is 25.1 Å². The lowest BCUT2D eigenvalue weighted by atomic mass is 9.94. The molecule has 3 atom stereocenters. The average Bonchev–Trinajstić information content (AvgIpc) is 2.72. The summed E-state index contributed by atoms with van der Waals surface area (Å²) in [6.07, 6.45) is 4.78. The molecule has 2 rings (SSSR count). The zero-order valence-corrected chi connectivity index (χ0v) is 17.1. The molecule has 1 aromatic carbocycles. The van der Waals surface area contributed by atoms with E-state index < -0.39 is 17.9 Å². The molecule has 0 aliphatic carbocycles. The number of allylic oxidation sites excluding steroid dienone is 2. The molecule has 164 valence electrons. The average molecular weight is 420 g/mol. The van der Waals surface area contributed by atoms with Crippen molar-refractivity contribution in [3.05, 3.63) is 47.8 Å². The number of amides is 2. The van der Waals surface area contributed by atoms with Crippen LogP contribution in [-0.4, -0.2) is 48.7 Å². The van der Waals surface area contributed by atoms with Crippen molar-refractivity contribution >= 4 is 17.8 Å². The molecule has 8 heteroatoms. The van der Waals surface area contributed by atoms with E-state index >= 15 is 0 Å². The standard InChI is InChI=1S/C22H29FN2O5/c1-15-14-30-22(29)18(12-16-6-8-19(23)9-7-16)5-3-2-4-17(21(28)25-15)13-20(27)24-10-11-26/h2-3,6-9,15,17-18,26H,4-5,10-14H2,1H3,(H,24,27)(H,25,28)/b3-2-/t15-,17+,18+/m0/s1. The number of esters is 1. The fourth-order valence-electron chi connectivity index (χ4n) is 3.19. The highest BCUT2D eigenvalue weighted by molar-refractivity contribution is 5.86. The molecule has 0 bridgehead atoms. The maximum atomic E-state index is 13.1. The molecule has 0 spiro atoms. The van der Waals surface area contributed by atoms with Gasteiger partial charge in [-0.1, -0.05) is 24.3 Å². The van der Waals surface area contributed by atoms with E-state index in [4.69, 9.17) is 9.84 Å². The first-order chi connectivity index (χ1) is 14.4. The topological polar surface area (TPSA) is 105 Å². The van der Waals surface area contributed by atoms with Crippen LogP contribution >= 0.6 is 0 Å². The molecule has 0 unspecified atom stereocenters. The second kappa shape index (κ2) is 12.1. The van der Waals surface area contributed by atoms with Crippen molar-refractivity contribution in [2.24, 2.45) is 11.8 Å². The summed E-state index contributed by atoms with van der Waals surface area (Å²) in [7, 11) is 0. The summed E-state index contributed by atoms with van der Waals surface area (Å²) >= 11 is 0. The second-order valence-corrected chi connectivity index (χ2v) is 7.48. The van der Waals surface area contributed by atoms with Crippen LogP contribution in [0.25, 0.3) is 0 Å². The first-order valence-corrected chi connectivity index (χ1v) is 10.1. The molecule has 2 amide bonds. The lowest BCUT2D eigenvalue weighted by Crippen LogP contribution is -2.42. The highest BCUT2D eigenvalue weighted by atomic mass is 19.1. The van der Waals surface area contributed by atoms with Crippen molar-refractivity contribution in [1.82, 2.24) is 10.6 Å². The monoisotopic (exact) mass is 420 g/mol. The summed E-state index contributed by atoms with van der Waals surface area (Å²) in [6, 6.07) is 5.60. The maximum absolute atomic E-state index is 13.1. The molecule has 1 aliphatic heterocycles. The van der Waals surface area contributed by atoms with Crippen molar-refractivity contribution in [2.45, 2.75) is 38.6 Å². The Hall–Kier alpha value is -2.74. The van der Waals surface area contributed by atoms with Gasteiger partial charge in [-0.15, -0.1) is 0 Å². The summed E-state index contributed by atoms with van der Waals surface area (Å²) in [5.41, 5.74) is 0.832. The van der Waals surface area contributed by atoms with Gasteiger partial charge in [0.05, 0.1) is 24.5 Å². The number of benzene rings is 1. The molecule has 0 fully saturated rings. The summed E-state index contributed by atoms with van der Waals surface area (Å²) in [6.45, 7) is 1.73. The van der Waals surface area contributed by atoms with E-state index in [1.165, 1.54) is 12.1 Å². The first kappa shape index (κ1) is 23.5. The quantitative estimate of drug-likeness (QED) is 0.478. The van der Waals surface area contributed by atoms with Crippen molar-refractivity contribution in [3.8, 4) is 0 Å². The minimum atomic E-state index is -0.562. The number of cyclic esters (lactones) is 1. The van der Waals surface area contributed by atoms with Crippen LogP contribution in [0.3, 0.4) is 0 Å². The minimum absolute atomic E-state index is 0.00168. The van der Waals surface area contributed by atoms with Crippen LogP contribution < -0.4 is 10.6 Å². The van der Waals surface area contributed by atoms with Gasteiger partial charge in [-0.2, -0.15) is 0 Å². The Morgan fingerprint density at radius 3 is 2.53 bits per heavy atom. The Bertz CT molecular complexity index is 750. The molecule has 3 N–H and O–H groups in total. The number of rotatable bonds is 6. The summed E-state index contributed by atoms with van der Waals surface area (Å²) in [4.78, 5) is 37.0. The number of hydrogen-bond donors (Lipinski definition) is 3. The number of halogens is 1. The lowest BCUT2D eigenvalue weighted by Gasteiger charge is -2.22. The van der Waals surface area contributed by atoms with Crippen LogP contribution in [0.1, 0.15) is 31.7 Å². The van der Waals surface area contributed by atoms with Crippen LogP contribution in [0.5, 0.6) is 0 Å². The predicted molar refractivity (Wildman–Crippen MR) is 109 cm³/mol. The molecule has 0 radical (unpaired) electrons. The van der Waals surface area contributed by atoms with Gasteiger partial charge in [0, 0.05) is 13.0 Å². The Labute approximate surface area is 175 Å². The Balaban J connectivity index is 2.08. The van der Waals surface area contributed by atoms with Crippen molar-refractivity contribution in [3.63, 3.8) is 0 Å². The first-order valence-electron chi connectivity index (χ1n) is 10.1. The van der Waals surface area contributed by atoms with E-state index in [-0.39, 0.29) is 49.8 Å². The van der Waals surface area contributed by atoms with Crippen LogP contribution in [-0.2, 0) is 25.5 Å². The highest BCUT2D eigenvalue weighted by Crippen LogP contribution is 2.18. The van der Waals surface area contributed by atoms with Gasteiger partial charge < -0.3 is 20.5 Å². The Morgan fingerprint density at radius 2 is 1.87 bits per heavy atom. The summed E-state index contributed by atoms with van der Waals surface area (Å²) in [5, 5.41) is 14.1. The summed E-state index contributed by atoms with van der Waals surface area (Å²) in [5.74, 6) is -2.29. The minimum Gasteiger partial charge on any atom is -0.463 e. The van der Waals surface area contributed by atoms with Crippen LogP contribution in [0.4, 0.5) is 4.39 Å². The fourth-order valence-corrected chi connectivity index (χ4v) is 3.19. The Kier molecular flexibility index (Phi) is 9.47. The number of ether oxygens (including phenoxy) is 1.